The van der Waals surface area contributed by atoms with E-state index in [1.807, 2.05) is 0 Å². The molecule has 0 saturated heterocycles. The molecule has 3 rings (SSSR count). The molecule has 0 aliphatic carbocycles. The van der Waals surface area contributed by atoms with Crippen LogP contribution in [-0.2, 0) is 0 Å². The molecule has 3 aromatic carbocycles. The van der Waals surface area contributed by atoms with Gasteiger partial charge in [0.15, 0.2) is 0 Å². The Hall–Kier alpha value is -2.10. The van der Waals surface area contributed by atoms with Crippen LogP contribution in [0.2, 0.25) is 0 Å². The Bertz CT molecular complexity index is 930. The number of hydrogen-bond acceptors (Lipinski definition) is 2. The Morgan fingerprint density at radius 1 is 0.842 bits per heavy atom. The van der Waals surface area contributed by atoms with Crippen molar-refractivity contribution in [2.75, 3.05) is 0 Å². The normalized spacial score (nSPS) is 14.3. The average Bonchev–Trinajstić information content (AvgIpc) is 2.58. The number of fused-ring (bicyclic) bond motifs is 1. The van der Waals surface area contributed by atoms with Gasteiger partial charge in [0.25, 0.3) is 0 Å². The lowest BCUT2D eigenvalue weighted by Gasteiger charge is -2.11. The maximum Gasteiger partial charge on any atom is 0.489 e. The van der Waals surface area contributed by atoms with Crippen LogP contribution in [0.5, 0.6) is 0 Å². The minimum atomic E-state index is -1.66. The number of benzene rings is 3. The second-order valence-electron chi connectivity index (χ2n) is 4.12. The van der Waals surface area contributed by atoms with Crippen molar-refractivity contribution in [1.82, 2.24) is 0 Å². The van der Waals surface area contributed by atoms with E-state index in [0.717, 1.165) is 0 Å². The van der Waals surface area contributed by atoms with Crippen molar-refractivity contribution in [2.45, 2.75) is 0 Å². The molecule has 0 radical (unpaired) electrons. The number of rotatable bonds is 2. The van der Waals surface area contributed by atoms with Gasteiger partial charge in [-0.2, -0.15) is 0 Å². The highest BCUT2D eigenvalue weighted by Crippen LogP contribution is 2.27. The van der Waals surface area contributed by atoms with Gasteiger partial charge in [-0.15, -0.1) is 0 Å². The monoisotopic (exact) mass is 253 g/mol. The molecule has 0 unspecified atom stereocenters. The van der Waals surface area contributed by atoms with Gasteiger partial charge in [0.05, 0.1) is 6.85 Å². The Morgan fingerprint density at radius 3 is 2.21 bits per heavy atom. The van der Waals surface area contributed by atoms with E-state index in [1.54, 1.807) is 30.3 Å². The highest BCUT2D eigenvalue weighted by atomic mass is 16.4. The van der Waals surface area contributed by atoms with Gasteiger partial charge in [-0.1, -0.05) is 66.6 Å². The Kier molecular flexibility index (Phi) is 1.92. The summed E-state index contributed by atoms with van der Waals surface area (Å²) in [6, 6.07) is 8.11. The van der Waals surface area contributed by atoms with E-state index in [2.05, 4.69) is 0 Å². The highest BCUT2D eigenvalue weighted by Gasteiger charge is 2.16. The third kappa shape index (κ3) is 2.14. The lowest BCUT2D eigenvalue weighted by Crippen LogP contribution is -2.30. The Balaban J connectivity index is 2.43. The van der Waals surface area contributed by atoms with Crippen LogP contribution in [0, 0.1) is 0 Å². The zero-order valence-corrected chi connectivity index (χ0v) is 9.94. The molecule has 0 fully saturated rings. The molecule has 3 heteroatoms. The minimum absolute atomic E-state index is 0.0937. The smallest absolute Gasteiger partial charge is 0.423 e. The molecule has 0 saturated carbocycles. The maximum atomic E-state index is 9.51. The first-order chi connectivity index (χ1) is 11.3. The van der Waals surface area contributed by atoms with Crippen molar-refractivity contribution in [3.8, 4) is 11.1 Å². The largest absolute Gasteiger partial charge is 0.489 e. The van der Waals surface area contributed by atoms with Crippen LogP contribution in [0.1, 0.15) is 6.85 Å². The van der Waals surface area contributed by atoms with Gasteiger partial charge in [-0.3, -0.25) is 0 Å². The van der Waals surface area contributed by atoms with Crippen LogP contribution in [0.25, 0.3) is 21.9 Å². The third-order valence-electron chi connectivity index (χ3n) is 3.01. The predicted octanol–water partition coefficient (Wildman–Crippen LogP) is 2.19. The highest BCUT2D eigenvalue weighted by molar-refractivity contribution is 6.62. The van der Waals surface area contributed by atoms with Gasteiger partial charge < -0.3 is 10.0 Å². The van der Waals surface area contributed by atoms with Crippen molar-refractivity contribution < 1.29 is 16.9 Å². The molecule has 3 aromatic rings. The van der Waals surface area contributed by atoms with Gasteiger partial charge >= 0.3 is 7.12 Å². The van der Waals surface area contributed by atoms with Crippen LogP contribution in [0.15, 0.2) is 66.6 Å². The van der Waals surface area contributed by atoms with E-state index in [-0.39, 0.29) is 17.6 Å². The van der Waals surface area contributed by atoms with E-state index in [9.17, 15) is 10.0 Å². The zero-order chi connectivity index (χ0) is 17.6. The summed E-state index contributed by atoms with van der Waals surface area (Å²) in [4.78, 5) is 0. The van der Waals surface area contributed by atoms with Crippen molar-refractivity contribution in [1.29, 1.82) is 0 Å². The van der Waals surface area contributed by atoms with Crippen LogP contribution in [0.3, 0.4) is 0 Å². The molecule has 2 nitrogen and oxygen atoms in total. The predicted molar refractivity (Wildman–Crippen MR) is 79.2 cm³/mol. The summed E-state index contributed by atoms with van der Waals surface area (Å²) in [5.41, 5.74) is 0.838. The second-order valence-corrected chi connectivity index (χ2v) is 4.12. The van der Waals surface area contributed by atoms with E-state index in [0.29, 0.717) is 21.8 Å². The first-order valence-corrected chi connectivity index (χ1v) is 5.79. The fraction of sp³-hybridized carbons (Fsp3) is 0. The lowest BCUT2D eigenvalue weighted by atomic mass is 9.76. The molecule has 92 valence electrons. The summed E-state index contributed by atoms with van der Waals surface area (Å²) in [7, 11) is -1.66. The van der Waals surface area contributed by atoms with E-state index in [1.165, 1.54) is 6.07 Å². The van der Waals surface area contributed by atoms with Gasteiger partial charge in [-0.05, 0) is 27.4 Å². The molecule has 2 N–H and O–H groups in total. The molecule has 0 bridgehead atoms. The summed E-state index contributed by atoms with van der Waals surface area (Å²) in [5, 5.41) is 20.2. The van der Waals surface area contributed by atoms with Gasteiger partial charge in [0, 0.05) is 0 Å². The third-order valence-corrected chi connectivity index (χ3v) is 3.01. The molecule has 0 heterocycles. The van der Waals surface area contributed by atoms with Crippen LogP contribution in [-0.4, -0.2) is 17.2 Å². The second kappa shape index (κ2) is 4.88. The average molecular weight is 253 g/mol. The first kappa shape index (κ1) is 7.48. The van der Waals surface area contributed by atoms with E-state index in [4.69, 9.17) is 6.85 Å². The van der Waals surface area contributed by atoms with E-state index < -0.39 is 25.2 Å². The molecule has 0 spiro atoms. The van der Waals surface area contributed by atoms with Crippen molar-refractivity contribution in [3.63, 3.8) is 0 Å². The Labute approximate surface area is 119 Å². The molecular formula is C16H13BO2. The molecule has 0 aliphatic rings. The standard InChI is InChI=1S/C16H13BO2/c18-17(19)16-11-10-13(12-6-2-1-3-7-12)14-8-4-5-9-15(14)16/h1-11,18-19H/i1D,2D,3D,6D,7D. The summed E-state index contributed by atoms with van der Waals surface area (Å²) in [6.07, 6.45) is 0. The molecular weight excluding hydrogens is 235 g/mol. The van der Waals surface area contributed by atoms with Crippen molar-refractivity contribution >= 4 is 23.4 Å². The SMILES string of the molecule is [2H]c1c([2H])c([2H])c(-c2ccc(B(O)O)c3ccccc23)c([2H])c1[2H]. The number of hydrogen-bond donors (Lipinski definition) is 2. The van der Waals surface area contributed by atoms with Gasteiger partial charge in [-0.25, -0.2) is 0 Å². The molecule has 0 aromatic heterocycles. The molecule has 19 heavy (non-hydrogen) atoms. The lowest BCUT2D eigenvalue weighted by molar-refractivity contribution is 0.426. The maximum absolute atomic E-state index is 9.51. The summed E-state index contributed by atoms with van der Waals surface area (Å²) in [5.74, 6) is 0. The van der Waals surface area contributed by atoms with Crippen LogP contribution >= 0.6 is 0 Å². The van der Waals surface area contributed by atoms with Crippen LogP contribution < -0.4 is 5.46 Å². The quantitative estimate of drug-likeness (QED) is 0.687. The van der Waals surface area contributed by atoms with Crippen molar-refractivity contribution in [3.05, 3.63) is 66.6 Å². The minimum Gasteiger partial charge on any atom is -0.423 e. The fourth-order valence-corrected chi connectivity index (χ4v) is 2.15. The fourth-order valence-electron chi connectivity index (χ4n) is 2.15. The molecule has 0 amide bonds. The molecule has 0 atom stereocenters. The summed E-state index contributed by atoms with van der Waals surface area (Å²) in [6.45, 7) is 0. The summed E-state index contributed by atoms with van der Waals surface area (Å²) < 4.78 is 39.6. The Morgan fingerprint density at radius 2 is 1.53 bits per heavy atom. The topological polar surface area (TPSA) is 40.5 Å². The van der Waals surface area contributed by atoms with E-state index >= 15 is 0 Å². The van der Waals surface area contributed by atoms with Crippen LogP contribution in [0.4, 0.5) is 0 Å². The van der Waals surface area contributed by atoms with Crippen molar-refractivity contribution in [2.24, 2.45) is 0 Å². The summed E-state index contributed by atoms with van der Waals surface area (Å²) >= 11 is 0. The van der Waals surface area contributed by atoms with Gasteiger partial charge in [0.2, 0.25) is 0 Å². The van der Waals surface area contributed by atoms with Gasteiger partial charge in [0.1, 0.15) is 0 Å². The molecule has 0 aliphatic heterocycles. The zero-order valence-electron chi connectivity index (χ0n) is 14.9. The first-order valence-electron chi connectivity index (χ1n) is 8.29.